The molecule has 0 aromatic rings. The number of ether oxygens (including phenoxy) is 1. The lowest BCUT2D eigenvalue weighted by Gasteiger charge is -2.22. The molecule has 0 spiro atoms. The Morgan fingerprint density at radius 1 is 1.21 bits per heavy atom. The van der Waals surface area contributed by atoms with Gasteiger partial charge < -0.3 is 10.1 Å². The molecule has 1 atom stereocenters. The number of rotatable bonds is 7. The Balaban J connectivity index is 1.82. The van der Waals surface area contributed by atoms with Crippen molar-refractivity contribution in [2.24, 2.45) is 0 Å². The second-order valence-electron chi connectivity index (χ2n) is 3.94. The summed E-state index contributed by atoms with van der Waals surface area (Å²) in [6.07, 6.45) is 8.23. The van der Waals surface area contributed by atoms with E-state index in [9.17, 15) is 0 Å². The minimum absolute atomic E-state index is 0.486. The molecule has 0 aromatic heterocycles. The van der Waals surface area contributed by atoms with Crippen LogP contribution < -0.4 is 5.32 Å². The molecular formula is C11H22BrNO. The van der Waals surface area contributed by atoms with Gasteiger partial charge in [0.2, 0.25) is 0 Å². The topological polar surface area (TPSA) is 21.3 Å². The molecule has 0 radical (unpaired) electrons. The van der Waals surface area contributed by atoms with Crippen LogP contribution >= 0.6 is 15.9 Å². The maximum absolute atomic E-state index is 5.64. The Hall–Kier alpha value is 0.400. The van der Waals surface area contributed by atoms with Crippen molar-refractivity contribution < 1.29 is 4.74 Å². The Labute approximate surface area is 95.9 Å². The van der Waals surface area contributed by atoms with Crippen LogP contribution in [0.5, 0.6) is 0 Å². The maximum atomic E-state index is 5.64. The average molecular weight is 264 g/mol. The highest BCUT2D eigenvalue weighted by Gasteiger charge is 2.12. The lowest BCUT2D eigenvalue weighted by Crippen LogP contribution is -2.32. The molecule has 1 aliphatic rings. The molecule has 1 rings (SSSR count). The van der Waals surface area contributed by atoms with Gasteiger partial charge in [0.25, 0.3) is 0 Å². The summed E-state index contributed by atoms with van der Waals surface area (Å²) in [7, 11) is 0. The molecule has 1 unspecified atom stereocenters. The van der Waals surface area contributed by atoms with Crippen molar-refractivity contribution in [2.45, 2.75) is 44.6 Å². The molecule has 0 bridgehead atoms. The van der Waals surface area contributed by atoms with Crippen LogP contribution in [-0.2, 0) is 4.74 Å². The van der Waals surface area contributed by atoms with Gasteiger partial charge >= 0.3 is 0 Å². The van der Waals surface area contributed by atoms with Gasteiger partial charge in [-0.3, -0.25) is 0 Å². The van der Waals surface area contributed by atoms with Crippen LogP contribution in [0.15, 0.2) is 0 Å². The molecule has 1 saturated heterocycles. The highest BCUT2D eigenvalue weighted by molar-refractivity contribution is 9.09. The third-order valence-corrected chi connectivity index (χ3v) is 3.19. The van der Waals surface area contributed by atoms with Crippen molar-refractivity contribution >= 4 is 15.9 Å². The van der Waals surface area contributed by atoms with Crippen LogP contribution in [0.3, 0.4) is 0 Å². The van der Waals surface area contributed by atoms with Gasteiger partial charge in [-0.25, -0.2) is 0 Å². The van der Waals surface area contributed by atoms with Crippen LogP contribution in [-0.4, -0.2) is 31.1 Å². The predicted octanol–water partition coefficient (Wildman–Crippen LogP) is 2.71. The fourth-order valence-corrected chi connectivity index (χ4v) is 2.15. The number of hydrogen-bond acceptors (Lipinski definition) is 2. The lowest BCUT2D eigenvalue weighted by molar-refractivity contribution is 0.0170. The summed E-state index contributed by atoms with van der Waals surface area (Å²) >= 11 is 3.44. The second kappa shape index (κ2) is 8.69. The van der Waals surface area contributed by atoms with E-state index in [4.69, 9.17) is 4.74 Å². The van der Waals surface area contributed by atoms with Gasteiger partial charge in [-0.1, -0.05) is 22.4 Å². The smallest absolute Gasteiger partial charge is 0.0699 e. The predicted molar refractivity (Wildman–Crippen MR) is 64.1 cm³/mol. The summed E-state index contributed by atoms with van der Waals surface area (Å²) in [5.74, 6) is 0. The molecule has 0 aromatic carbocycles. The van der Waals surface area contributed by atoms with E-state index in [-0.39, 0.29) is 0 Å². The fourth-order valence-electron chi connectivity index (χ4n) is 1.75. The molecule has 1 heterocycles. The minimum atomic E-state index is 0.486. The number of nitrogens with one attached hydrogen (secondary N) is 1. The summed E-state index contributed by atoms with van der Waals surface area (Å²) in [5, 5.41) is 4.61. The van der Waals surface area contributed by atoms with Crippen molar-refractivity contribution in [3.63, 3.8) is 0 Å². The normalized spacial score (nSPS) is 22.5. The van der Waals surface area contributed by atoms with E-state index < -0.39 is 0 Å². The van der Waals surface area contributed by atoms with E-state index in [0.717, 1.165) is 25.0 Å². The van der Waals surface area contributed by atoms with E-state index in [1.165, 1.54) is 38.5 Å². The van der Waals surface area contributed by atoms with Crippen LogP contribution in [0, 0.1) is 0 Å². The largest absolute Gasteiger partial charge is 0.377 e. The van der Waals surface area contributed by atoms with E-state index in [1.54, 1.807) is 0 Å². The number of alkyl halides is 1. The third kappa shape index (κ3) is 5.99. The van der Waals surface area contributed by atoms with E-state index in [0.29, 0.717) is 6.10 Å². The summed E-state index contributed by atoms with van der Waals surface area (Å²) in [6, 6.07) is 0. The molecular weight excluding hydrogens is 242 g/mol. The zero-order chi connectivity index (χ0) is 10.1. The van der Waals surface area contributed by atoms with Gasteiger partial charge in [-0.15, -0.1) is 0 Å². The van der Waals surface area contributed by atoms with Gasteiger partial charge in [0.15, 0.2) is 0 Å². The highest BCUT2D eigenvalue weighted by atomic mass is 79.9. The summed E-state index contributed by atoms with van der Waals surface area (Å²) < 4.78 is 5.64. The van der Waals surface area contributed by atoms with Crippen molar-refractivity contribution in [1.82, 2.24) is 5.32 Å². The van der Waals surface area contributed by atoms with E-state index >= 15 is 0 Å². The summed E-state index contributed by atoms with van der Waals surface area (Å²) in [5.41, 5.74) is 0. The van der Waals surface area contributed by atoms with Crippen LogP contribution in [0.2, 0.25) is 0 Å². The number of halogens is 1. The van der Waals surface area contributed by atoms with Gasteiger partial charge in [0.1, 0.15) is 0 Å². The molecule has 14 heavy (non-hydrogen) atoms. The standard InChI is InChI=1S/C11H22BrNO/c12-7-3-1-4-8-13-10-11-6-2-5-9-14-11/h11,13H,1-10H2. The Morgan fingerprint density at radius 3 is 2.86 bits per heavy atom. The Bertz CT molecular complexity index is 126. The summed E-state index contributed by atoms with van der Waals surface area (Å²) in [6.45, 7) is 3.16. The Kier molecular flexibility index (Phi) is 7.74. The molecule has 0 saturated carbocycles. The van der Waals surface area contributed by atoms with Crippen LogP contribution in [0.25, 0.3) is 0 Å². The quantitative estimate of drug-likeness (QED) is 0.564. The monoisotopic (exact) mass is 263 g/mol. The van der Waals surface area contributed by atoms with Crippen molar-refractivity contribution in [2.75, 3.05) is 25.0 Å². The summed E-state index contributed by atoms with van der Waals surface area (Å²) in [4.78, 5) is 0. The lowest BCUT2D eigenvalue weighted by atomic mass is 10.1. The fraction of sp³-hybridized carbons (Fsp3) is 1.00. The highest BCUT2D eigenvalue weighted by Crippen LogP contribution is 2.11. The third-order valence-electron chi connectivity index (χ3n) is 2.63. The van der Waals surface area contributed by atoms with E-state index in [2.05, 4.69) is 21.2 Å². The molecule has 1 aliphatic heterocycles. The molecule has 1 fully saturated rings. The molecule has 2 nitrogen and oxygen atoms in total. The van der Waals surface area contributed by atoms with E-state index in [1.807, 2.05) is 0 Å². The van der Waals surface area contributed by atoms with Crippen molar-refractivity contribution in [1.29, 1.82) is 0 Å². The minimum Gasteiger partial charge on any atom is -0.377 e. The molecule has 84 valence electrons. The first-order valence-corrected chi connectivity index (χ1v) is 6.94. The molecule has 0 amide bonds. The SMILES string of the molecule is BrCCCCCNCC1CCCCO1. The Morgan fingerprint density at radius 2 is 2.14 bits per heavy atom. The number of hydrogen-bond donors (Lipinski definition) is 1. The zero-order valence-corrected chi connectivity index (χ0v) is 10.5. The van der Waals surface area contributed by atoms with Crippen molar-refractivity contribution in [3.8, 4) is 0 Å². The first-order valence-electron chi connectivity index (χ1n) is 5.82. The molecule has 1 N–H and O–H groups in total. The van der Waals surface area contributed by atoms with Gasteiger partial charge in [-0.05, 0) is 38.6 Å². The van der Waals surface area contributed by atoms with Crippen LogP contribution in [0.1, 0.15) is 38.5 Å². The van der Waals surface area contributed by atoms with Gasteiger partial charge in [0, 0.05) is 18.5 Å². The first-order chi connectivity index (χ1) is 6.93. The average Bonchev–Trinajstić information content (AvgIpc) is 2.25. The van der Waals surface area contributed by atoms with Crippen LogP contribution in [0.4, 0.5) is 0 Å². The van der Waals surface area contributed by atoms with Gasteiger partial charge in [0.05, 0.1) is 6.10 Å². The number of unbranched alkanes of at least 4 members (excludes halogenated alkanes) is 2. The van der Waals surface area contributed by atoms with Gasteiger partial charge in [-0.2, -0.15) is 0 Å². The zero-order valence-electron chi connectivity index (χ0n) is 8.93. The molecule has 0 aliphatic carbocycles. The maximum Gasteiger partial charge on any atom is 0.0699 e. The second-order valence-corrected chi connectivity index (χ2v) is 4.74. The molecule has 3 heteroatoms. The van der Waals surface area contributed by atoms with Crippen molar-refractivity contribution in [3.05, 3.63) is 0 Å². The first kappa shape index (κ1) is 12.5.